The zero-order valence-corrected chi connectivity index (χ0v) is 10.9. The van der Waals surface area contributed by atoms with Crippen molar-refractivity contribution in [1.29, 1.82) is 0 Å². The Morgan fingerprint density at radius 1 is 1.35 bits per heavy atom. The van der Waals surface area contributed by atoms with E-state index in [0.29, 0.717) is 0 Å². The third-order valence-corrected chi connectivity index (χ3v) is 3.47. The molecular weight excluding hydrogens is 243 g/mol. The number of nitrogen functional groups attached to an aromatic ring is 1. The van der Waals surface area contributed by atoms with Crippen LogP contribution in [-0.2, 0) is 10.0 Å². The Kier molecular flexibility index (Phi) is 3.78. The molecule has 6 heteroatoms. The monoisotopic (exact) mass is 260 g/mol. The maximum absolute atomic E-state index is 13.2. The summed E-state index contributed by atoms with van der Waals surface area (Å²) in [5.74, 6) is -0.733. The molecule has 0 saturated carbocycles. The summed E-state index contributed by atoms with van der Waals surface area (Å²) in [4.78, 5) is -0.117. The molecule has 0 radical (unpaired) electrons. The van der Waals surface area contributed by atoms with Crippen LogP contribution in [0.1, 0.15) is 20.8 Å². The van der Waals surface area contributed by atoms with Crippen molar-refractivity contribution in [2.24, 2.45) is 5.41 Å². The highest BCUT2D eigenvalue weighted by atomic mass is 32.2. The van der Waals surface area contributed by atoms with Crippen molar-refractivity contribution in [3.8, 4) is 0 Å². The number of nitrogens with two attached hydrogens (primary N) is 1. The van der Waals surface area contributed by atoms with Gasteiger partial charge in [0.2, 0.25) is 10.0 Å². The van der Waals surface area contributed by atoms with Gasteiger partial charge in [-0.3, -0.25) is 0 Å². The molecule has 96 valence electrons. The molecule has 0 aliphatic heterocycles. The summed E-state index contributed by atoms with van der Waals surface area (Å²) in [6, 6.07) is 3.44. The quantitative estimate of drug-likeness (QED) is 0.813. The van der Waals surface area contributed by atoms with Gasteiger partial charge in [-0.2, -0.15) is 0 Å². The fourth-order valence-electron chi connectivity index (χ4n) is 1.07. The highest BCUT2D eigenvalue weighted by Gasteiger charge is 2.19. The molecule has 0 spiro atoms. The molecule has 3 N–H and O–H groups in total. The first-order valence-corrected chi connectivity index (χ1v) is 6.65. The van der Waals surface area contributed by atoms with Crippen LogP contribution in [0.15, 0.2) is 23.1 Å². The largest absolute Gasteiger partial charge is 0.396 e. The lowest BCUT2D eigenvalue weighted by Gasteiger charge is -2.18. The van der Waals surface area contributed by atoms with Gasteiger partial charge in [0.15, 0.2) is 0 Å². The molecule has 0 unspecified atom stereocenters. The number of hydrogen-bond donors (Lipinski definition) is 2. The molecular formula is C11H17FN2O2S. The highest BCUT2D eigenvalue weighted by Crippen LogP contribution is 2.17. The zero-order chi connectivity index (χ0) is 13.3. The molecule has 4 nitrogen and oxygen atoms in total. The minimum absolute atomic E-state index is 0.0697. The van der Waals surface area contributed by atoms with E-state index in [1.54, 1.807) is 0 Å². The molecule has 0 aliphatic carbocycles. The molecule has 0 aliphatic rings. The number of benzene rings is 1. The van der Waals surface area contributed by atoms with Gasteiger partial charge in [0.1, 0.15) is 5.82 Å². The Hall–Kier alpha value is -1.14. The third kappa shape index (κ3) is 3.98. The molecule has 0 aromatic heterocycles. The summed E-state index contributed by atoms with van der Waals surface area (Å²) in [6.07, 6.45) is 0. The molecule has 1 aromatic carbocycles. The van der Waals surface area contributed by atoms with Gasteiger partial charge >= 0.3 is 0 Å². The van der Waals surface area contributed by atoms with Crippen LogP contribution in [0.4, 0.5) is 10.1 Å². The van der Waals surface area contributed by atoms with Crippen molar-refractivity contribution in [2.75, 3.05) is 12.3 Å². The van der Waals surface area contributed by atoms with Gasteiger partial charge in [0, 0.05) is 6.54 Å². The number of sulfonamides is 1. The summed E-state index contributed by atoms with van der Waals surface area (Å²) in [7, 11) is -3.68. The highest BCUT2D eigenvalue weighted by molar-refractivity contribution is 7.89. The zero-order valence-electron chi connectivity index (χ0n) is 10.1. The lowest BCUT2D eigenvalue weighted by molar-refractivity contribution is 0.407. The van der Waals surface area contributed by atoms with Crippen molar-refractivity contribution in [3.63, 3.8) is 0 Å². The van der Waals surface area contributed by atoms with E-state index in [0.717, 1.165) is 6.07 Å². The van der Waals surface area contributed by atoms with Crippen LogP contribution < -0.4 is 10.5 Å². The van der Waals surface area contributed by atoms with Gasteiger partial charge in [-0.05, 0) is 23.6 Å². The first kappa shape index (κ1) is 13.9. The predicted octanol–water partition coefficient (Wildman–Crippen LogP) is 1.73. The van der Waals surface area contributed by atoms with E-state index >= 15 is 0 Å². The van der Waals surface area contributed by atoms with Crippen LogP contribution in [0.5, 0.6) is 0 Å². The van der Waals surface area contributed by atoms with Crippen LogP contribution in [0.25, 0.3) is 0 Å². The van der Waals surface area contributed by atoms with Crippen molar-refractivity contribution in [1.82, 2.24) is 4.72 Å². The standard InChI is InChI=1S/C11H17FN2O2S/c1-11(2,3)7-14-17(15,16)8-4-5-10(13)9(12)6-8/h4-6,14H,7,13H2,1-3H3. The summed E-state index contributed by atoms with van der Waals surface area (Å²) in [5.41, 5.74) is 5.03. The molecule has 0 atom stereocenters. The van der Waals surface area contributed by atoms with Gasteiger partial charge < -0.3 is 5.73 Å². The number of hydrogen-bond acceptors (Lipinski definition) is 3. The average Bonchev–Trinajstić information content (AvgIpc) is 2.18. The summed E-state index contributed by atoms with van der Waals surface area (Å²) in [5, 5.41) is 0. The van der Waals surface area contributed by atoms with Gasteiger partial charge in [0.05, 0.1) is 10.6 Å². The SMILES string of the molecule is CC(C)(C)CNS(=O)(=O)c1ccc(N)c(F)c1. The van der Waals surface area contributed by atoms with Crippen LogP contribution >= 0.6 is 0 Å². The average molecular weight is 260 g/mol. The number of nitrogens with one attached hydrogen (secondary N) is 1. The summed E-state index contributed by atoms with van der Waals surface area (Å²) < 4.78 is 39.2. The topological polar surface area (TPSA) is 72.2 Å². The number of rotatable bonds is 3. The van der Waals surface area contributed by atoms with Crippen molar-refractivity contribution in [2.45, 2.75) is 25.7 Å². The molecule has 17 heavy (non-hydrogen) atoms. The van der Waals surface area contributed by atoms with E-state index in [1.807, 2.05) is 20.8 Å². The Morgan fingerprint density at radius 2 is 1.94 bits per heavy atom. The van der Waals surface area contributed by atoms with Gasteiger partial charge in [-0.15, -0.1) is 0 Å². The van der Waals surface area contributed by atoms with Gasteiger partial charge in [-0.1, -0.05) is 20.8 Å². The van der Waals surface area contributed by atoms with E-state index in [2.05, 4.69) is 4.72 Å². The number of halogens is 1. The van der Waals surface area contributed by atoms with Crippen LogP contribution in [0.2, 0.25) is 0 Å². The molecule has 1 rings (SSSR count). The van der Waals surface area contributed by atoms with E-state index in [1.165, 1.54) is 12.1 Å². The fourth-order valence-corrected chi connectivity index (χ4v) is 2.37. The normalized spacial score (nSPS) is 12.7. The maximum Gasteiger partial charge on any atom is 0.240 e. The Balaban J connectivity index is 2.94. The van der Waals surface area contributed by atoms with Gasteiger partial charge in [0.25, 0.3) is 0 Å². The van der Waals surface area contributed by atoms with Crippen LogP contribution in [-0.4, -0.2) is 15.0 Å². The summed E-state index contributed by atoms with van der Waals surface area (Å²) >= 11 is 0. The van der Waals surface area contributed by atoms with Crippen LogP contribution in [0, 0.1) is 11.2 Å². The van der Waals surface area contributed by atoms with E-state index in [4.69, 9.17) is 5.73 Å². The van der Waals surface area contributed by atoms with Crippen molar-refractivity contribution < 1.29 is 12.8 Å². The second-order valence-electron chi connectivity index (χ2n) is 5.07. The number of anilines is 1. The smallest absolute Gasteiger partial charge is 0.240 e. The summed E-state index contributed by atoms with van der Waals surface area (Å²) in [6.45, 7) is 5.98. The predicted molar refractivity (Wildman–Crippen MR) is 65.5 cm³/mol. The second kappa shape index (κ2) is 4.62. The minimum Gasteiger partial charge on any atom is -0.396 e. The first-order chi connectivity index (χ1) is 7.62. The lowest BCUT2D eigenvalue weighted by Crippen LogP contribution is -2.32. The molecule has 0 heterocycles. The van der Waals surface area contributed by atoms with Crippen molar-refractivity contribution in [3.05, 3.63) is 24.0 Å². The van der Waals surface area contributed by atoms with E-state index in [9.17, 15) is 12.8 Å². The van der Waals surface area contributed by atoms with Gasteiger partial charge in [-0.25, -0.2) is 17.5 Å². The third-order valence-electron chi connectivity index (χ3n) is 2.07. The molecule has 0 saturated heterocycles. The second-order valence-corrected chi connectivity index (χ2v) is 6.84. The van der Waals surface area contributed by atoms with Crippen molar-refractivity contribution >= 4 is 15.7 Å². The maximum atomic E-state index is 13.2. The van der Waals surface area contributed by atoms with E-state index in [-0.39, 0.29) is 22.5 Å². The Bertz CT molecular complexity index is 507. The van der Waals surface area contributed by atoms with E-state index < -0.39 is 15.8 Å². The van der Waals surface area contributed by atoms with Crippen LogP contribution in [0.3, 0.4) is 0 Å². The Morgan fingerprint density at radius 3 is 2.41 bits per heavy atom. The lowest BCUT2D eigenvalue weighted by atomic mass is 9.98. The molecule has 1 aromatic rings. The Labute approximate surface area is 101 Å². The molecule has 0 bridgehead atoms. The first-order valence-electron chi connectivity index (χ1n) is 5.16. The molecule has 0 amide bonds. The minimum atomic E-state index is -3.68. The fraction of sp³-hybridized carbons (Fsp3) is 0.455. The molecule has 0 fully saturated rings.